The smallest absolute Gasteiger partial charge is 0.326 e. The van der Waals surface area contributed by atoms with E-state index in [2.05, 4.69) is 29.8 Å². The Morgan fingerprint density at radius 3 is 2.08 bits per heavy atom. The molecular formula is C34H62N4O11S. The van der Waals surface area contributed by atoms with Gasteiger partial charge in [-0.2, -0.15) is 0 Å². The highest BCUT2D eigenvalue weighted by Gasteiger charge is 2.27. The first-order chi connectivity index (χ1) is 23.8. The zero-order valence-corrected chi connectivity index (χ0v) is 31.2. The average molecular weight is 735 g/mol. The number of amides is 4. The molecule has 0 spiro atoms. The van der Waals surface area contributed by atoms with E-state index in [-0.39, 0.29) is 44.0 Å². The summed E-state index contributed by atoms with van der Waals surface area (Å²) in [4.78, 5) is 73.1. The molecule has 0 saturated carbocycles. The van der Waals surface area contributed by atoms with Crippen LogP contribution in [0, 0.1) is 0 Å². The molecule has 4 atom stereocenters. The van der Waals surface area contributed by atoms with Crippen molar-refractivity contribution >= 4 is 47.3 Å². The quantitative estimate of drug-likeness (QED) is 0.0707. The predicted octanol–water partition coefficient (Wildman–Crippen LogP) is 2.67. The molecule has 50 heavy (non-hydrogen) atoms. The Hall–Kier alpha value is -2.95. The number of ether oxygens (including phenoxy) is 2. The number of nitrogens with zero attached hydrogens (tertiary/aromatic N) is 1. The minimum absolute atomic E-state index is 0.0114. The molecule has 16 heteroatoms. The summed E-state index contributed by atoms with van der Waals surface area (Å²) in [6, 6.07) is -1.16. The van der Waals surface area contributed by atoms with E-state index in [9.17, 15) is 39.0 Å². The number of carboxylic acids is 2. The Morgan fingerprint density at radius 1 is 0.840 bits per heavy atom. The SMILES string of the molecule is CCCCCC.CCCCCCC(NC(=O)CN(CC(=O)NCC(=O)O)C(=O)CCC(=O)NCCOCCSC1CCC(O)[C@H](C)O1)C(=O)O. The Balaban J connectivity index is 0.00000365. The molecule has 1 aliphatic rings. The lowest BCUT2D eigenvalue weighted by Crippen LogP contribution is -2.49. The van der Waals surface area contributed by atoms with Crippen molar-refractivity contribution in [1.82, 2.24) is 20.9 Å². The van der Waals surface area contributed by atoms with Crippen molar-refractivity contribution in [3.05, 3.63) is 0 Å². The largest absolute Gasteiger partial charge is 0.480 e. The van der Waals surface area contributed by atoms with Crippen molar-refractivity contribution in [3.8, 4) is 0 Å². The fraction of sp³-hybridized carbons (Fsp3) is 0.824. The molecule has 1 saturated heterocycles. The van der Waals surface area contributed by atoms with Gasteiger partial charge in [0.25, 0.3) is 0 Å². The number of hydrogen-bond donors (Lipinski definition) is 6. The van der Waals surface area contributed by atoms with Crippen LogP contribution in [0.25, 0.3) is 0 Å². The van der Waals surface area contributed by atoms with Gasteiger partial charge in [-0.15, -0.1) is 11.8 Å². The maximum atomic E-state index is 12.8. The van der Waals surface area contributed by atoms with Gasteiger partial charge in [-0.05, 0) is 26.2 Å². The van der Waals surface area contributed by atoms with Crippen molar-refractivity contribution in [3.63, 3.8) is 0 Å². The first kappa shape index (κ1) is 47.0. The molecule has 1 fully saturated rings. The lowest BCUT2D eigenvalue weighted by Gasteiger charge is -2.31. The first-order valence-corrected chi connectivity index (χ1v) is 19.0. The summed E-state index contributed by atoms with van der Waals surface area (Å²) >= 11 is 1.60. The highest BCUT2D eigenvalue weighted by Crippen LogP contribution is 2.27. The third-order valence-corrected chi connectivity index (χ3v) is 8.79. The van der Waals surface area contributed by atoms with E-state index in [1.165, 1.54) is 25.7 Å². The van der Waals surface area contributed by atoms with Crippen LogP contribution in [0.1, 0.15) is 111 Å². The van der Waals surface area contributed by atoms with Gasteiger partial charge in [0.1, 0.15) is 31.1 Å². The number of aliphatic carboxylic acids is 2. The molecule has 0 aliphatic carbocycles. The van der Waals surface area contributed by atoms with Gasteiger partial charge in [-0.1, -0.05) is 72.1 Å². The van der Waals surface area contributed by atoms with Crippen LogP contribution < -0.4 is 16.0 Å². The monoisotopic (exact) mass is 734 g/mol. The van der Waals surface area contributed by atoms with E-state index in [0.717, 1.165) is 30.6 Å². The standard InChI is InChI=1S/C28H48N4O11S.C6H14/c1-3-4-5-6-7-20(28(40)41)31-24(36)18-32(17-23(35)30-16-26(38)39)25(37)10-9-22(34)29-12-13-42-14-15-44-27-11-8-21(33)19(2)43-27;1-3-5-6-4-2/h19-21,27,33H,3-18H2,1-2H3,(H,29,34)(H,30,35)(H,31,36)(H,38,39)(H,40,41);3-6H2,1-2H3/t19-,20?,21?,27?;/m0./s1. The molecule has 290 valence electrons. The van der Waals surface area contributed by atoms with Gasteiger partial charge in [0.2, 0.25) is 23.6 Å². The van der Waals surface area contributed by atoms with Crippen LogP contribution in [0.15, 0.2) is 0 Å². The van der Waals surface area contributed by atoms with Crippen molar-refractivity contribution in [1.29, 1.82) is 0 Å². The normalized spacial score (nSPS) is 17.4. The maximum Gasteiger partial charge on any atom is 0.326 e. The number of carbonyl (C=O) groups is 6. The van der Waals surface area contributed by atoms with Crippen LogP contribution in [0.5, 0.6) is 0 Å². The highest BCUT2D eigenvalue weighted by atomic mass is 32.2. The molecular weight excluding hydrogens is 672 g/mol. The molecule has 0 aromatic rings. The van der Waals surface area contributed by atoms with Crippen LogP contribution in [0.4, 0.5) is 0 Å². The van der Waals surface area contributed by atoms with Crippen LogP contribution in [0.2, 0.25) is 0 Å². The molecule has 0 bridgehead atoms. The number of aliphatic hydroxyl groups is 1. The van der Waals surface area contributed by atoms with Crippen molar-refractivity contribution in [2.45, 2.75) is 135 Å². The lowest BCUT2D eigenvalue weighted by atomic mass is 10.1. The number of carbonyl (C=O) groups excluding carboxylic acids is 4. The number of rotatable bonds is 26. The molecule has 1 rings (SSSR count). The molecule has 0 radical (unpaired) electrons. The minimum atomic E-state index is -1.30. The number of unbranched alkanes of at least 4 members (excludes halogenated alkanes) is 6. The second kappa shape index (κ2) is 29.7. The summed E-state index contributed by atoms with van der Waals surface area (Å²) in [6.07, 6.45) is 9.28. The van der Waals surface area contributed by atoms with E-state index < -0.39 is 67.3 Å². The van der Waals surface area contributed by atoms with E-state index in [0.29, 0.717) is 25.2 Å². The zero-order valence-electron chi connectivity index (χ0n) is 30.4. The summed E-state index contributed by atoms with van der Waals surface area (Å²) in [7, 11) is 0. The number of thioether (sulfide) groups is 1. The fourth-order valence-corrected chi connectivity index (χ4v) is 5.75. The van der Waals surface area contributed by atoms with Crippen LogP contribution in [-0.4, -0.2) is 125 Å². The molecule has 3 unspecified atom stereocenters. The summed E-state index contributed by atoms with van der Waals surface area (Å²) in [6.45, 7) is 7.24. The van der Waals surface area contributed by atoms with E-state index >= 15 is 0 Å². The predicted molar refractivity (Wildman–Crippen MR) is 190 cm³/mol. The fourth-order valence-electron chi connectivity index (χ4n) is 4.71. The van der Waals surface area contributed by atoms with Gasteiger partial charge in [0.15, 0.2) is 0 Å². The molecule has 0 aromatic carbocycles. The molecule has 1 aliphatic heterocycles. The zero-order chi connectivity index (χ0) is 37.7. The van der Waals surface area contributed by atoms with E-state index in [4.69, 9.17) is 14.6 Å². The van der Waals surface area contributed by atoms with Crippen molar-refractivity contribution in [2.75, 3.05) is 45.1 Å². The molecule has 15 nitrogen and oxygen atoms in total. The van der Waals surface area contributed by atoms with Crippen LogP contribution >= 0.6 is 11.8 Å². The number of aliphatic hydroxyl groups excluding tert-OH is 1. The molecule has 1 heterocycles. The third kappa shape index (κ3) is 25.1. The van der Waals surface area contributed by atoms with Gasteiger partial charge in [-0.3, -0.25) is 24.0 Å². The minimum Gasteiger partial charge on any atom is -0.480 e. The maximum absolute atomic E-state index is 12.8. The van der Waals surface area contributed by atoms with Crippen LogP contribution in [0.3, 0.4) is 0 Å². The number of hydrogen-bond acceptors (Lipinski definition) is 10. The van der Waals surface area contributed by atoms with Gasteiger partial charge in [0.05, 0.1) is 25.4 Å². The summed E-state index contributed by atoms with van der Waals surface area (Å²) in [5.41, 5.74) is 0.0114. The molecule has 0 aromatic heterocycles. The lowest BCUT2D eigenvalue weighted by molar-refractivity contribution is -0.144. The summed E-state index contributed by atoms with van der Waals surface area (Å²) in [5, 5.41) is 35.0. The second-order valence-electron chi connectivity index (χ2n) is 12.2. The van der Waals surface area contributed by atoms with Crippen LogP contribution in [-0.2, 0) is 38.2 Å². The number of carboxylic acid groups (broad SMARTS) is 2. The van der Waals surface area contributed by atoms with Gasteiger partial charge < -0.3 is 45.6 Å². The van der Waals surface area contributed by atoms with Crippen molar-refractivity contribution in [2.24, 2.45) is 0 Å². The van der Waals surface area contributed by atoms with Gasteiger partial charge in [-0.25, -0.2) is 4.79 Å². The summed E-state index contributed by atoms with van der Waals surface area (Å²) < 4.78 is 11.2. The Morgan fingerprint density at radius 2 is 1.48 bits per heavy atom. The Kier molecular flexibility index (Phi) is 28.0. The summed E-state index contributed by atoms with van der Waals surface area (Å²) in [5.74, 6) is -4.62. The third-order valence-electron chi connectivity index (χ3n) is 7.67. The highest BCUT2D eigenvalue weighted by molar-refractivity contribution is 7.99. The van der Waals surface area contributed by atoms with E-state index in [1.54, 1.807) is 11.8 Å². The van der Waals surface area contributed by atoms with E-state index in [1.807, 2.05) is 13.8 Å². The second-order valence-corrected chi connectivity index (χ2v) is 13.5. The van der Waals surface area contributed by atoms with Gasteiger partial charge >= 0.3 is 11.9 Å². The average Bonchev–Trinajstić information content (AvgIpc) is 3.07. The van der Waals surface area contributed by atoms with Gasteiger partial charge in [0, 0.05) is 25.1 Å². The Labute approximate surface area is 301 Å². The molecule has 6 N–H and O–H groups in total. The topological polar surface area (TPSA) is 221 Å². The van der Waals surface area contributed by atoms with Crippen molar-refractivity contribution < 1.29 is 53.6 Å². The number of nitrogens with one attached hydrogen (secondary N) is 3. The molecule has 4 amide bonds. The first-order valence-electron chi connectivity index (χ1n) is 17.9. The Bertz CT molecular complexity index is 1000.